The van der Waals surface area contributed by atoms with Crippen molar-refractivity contribution in [2.45, 2.75) is 16.9 Å². The molecule has 0 unspecified atom stereocenters. The van der Waals surface area contributed by atoms with E-state index in [9.17, 15) is 9.90 Å². The second-order valence-electron chi connectivity index (χ2n) is 8.26. The third kappa shape index (κ3) is 4.81. The van der Waals surface area contributed by atoms with Crippen molar-refractivity contribution >= 4 is 49.1 Å². The third-order valence-electron chi connectivity index (χ3n) is 5.87. The number of hydrogen-bond donors (Lipinski definition) is 3. The largest absolute Gasteiger partial charge is 0.507 e. The first-order valence-corrected chi connectivity index (χ1v) is 13.7. The average molecular weight is 562 g/mol. The van der Waals surface area contributed by atoms with Gasteiger partial charge in [-0.25, -0.2) is 0 Å². The van der Waals surface area contributed by atoms with E-state index in [1.54, 1.807) is 18.2 Å². The highest BCUT2D eigenvalue weighted by molar-refractivity contribution is 14.2. The highest BCUT2D eigenvalue weighted by Crippen LogP contribution is 2.40. The van der Waals surface area contributed by atoms with Gasteiger partial charge in [0.2, 0.25) is 0 Å². The molecule has 2 aliphatic rings. The molecule has 1 aromatic heterocycles. The second kappa shape index (κ2) is 10.2. The maximum absolute atomic E-state index is 12.2. The molecule has 5 rings (SSSR count). The highest BCUT2D eigenvalue weighted by atomic mass is 127. The second-order valence-corrected chi connectivity index (χ2v) is 10.8. The van der Waals surface area contributed by atoms with Gasteiger partial charge in [0.15, 0.2) is 5.43 Å². The van der Waals surface area contributed by atoms with E-state index in [0.29, 0.717) is 27.2 Å². The molecule has 3 N–H and O–H groups in total. The third-order valence-corrected chi connectivity index (χ3v) is 8.96. The quantitative estimate of drug-likeness (QED) is 0.167. The summed E-state index contributed by atoms with van der Waals surface area (Å²) in [5, 5.41) is 17.9. The van der Waals surface area contributed by atoms with Gasteiger partial charge in [0.1, 0.15) is 24.9 Å². The highest BCUT2D eigenvalue weighted by Gasteiger charge is 2.26. The van der Waals surface area contributed by atoms with E-state index < -0.39 is 0 Å². The van der Waals surface area contributed by atoms with Gasteiger partial charge in [-0.3, -0.25) is 4.79 Å². The summed E-state index contributed by atoms with van der Waals surface area (Å²) in [5.41, 5.74) is 5.56. The fourth-order valence-electron chi connectivity index (χ4n) is 4.16. The van der Waals surface area contributed by atoms with Crippen LogP contribution in [-0.2, 0) is 6.54 Å². The molecule has 0 fully saturated rings. The number of phenolic OH excluding ortho intramolecular Hbond substituents is 1. The molecular formula is C27H24BIN2O3. The molecule has 2 radical (unpaired) electrons. The van der Waals surface area contributed by atoms with Gasteiger partial charge in [-0.1, -0.05) is 41.9 Å². The standard InChI is InChI=1S/C27H24BIN2O3/c28-22-15-29-27-21(22)12-17(19-6-1-3-8-24(19)32)13-23(27)31-11-5-10-30-16-18-14-25(33)20-7-2-4-9-26(20)34-18/h1-4,6-9,12-15,27,30-32H,5,10-11,16H2/t27-/m0/s1. The molecule has 0 amide bonds. The summed E-state index contributed by atoms with van der Waals surface area (Å²) in [6.45, 7) is 2.10. The van der Waals surface area contributed by atoms with Crippen LogP contribution in [0, 0.1) is 0 Å². The zero-order valence-corrected chi connectivity index (χ0v) is 20.7. The molecule has 0 bridgehead atoms. The molecule has 1 atom stereocenters. The number of phenols is 1. The van der Waals surface area contributed by atoms with Crippen molar-refractivity contribution < 1.29 is 9.52 Å². The van der Waals surface area contributed by atoms with Crippen LogP contribution in [-0.4, -0.2) is 34.0 Å². The van der Waals surface area contributed by atoms with E-state index in [-0.39, 0.29) is 31.9 Å². The molecule has 0 spiro atoms. The normalized spacial score (nSPS) is 17.2. The molecule has 2 aromatic carbocycles. The van der Waals surface area contributed by atoms with Crippen LogP contribution in [0.3, 0.4) is 0 Å². The van der Waals surface area contributed by atoms with E-state index >= 15 is 0 Å². The Hall–Kier alpha value is -2.91. The lowest BCUT2D eigenvalue weighted by atomic mass is 9.85. The number of nitrogens with one attached hydrogen (secondary N) is 2. The van der Waals surface area contributed by atoms with Crippen LogP contribution >= 0.6 is 20.7 Å². The topological polar surface area (TPSA) is 74.5 Å². The summed E-state index contributed by atoms with van der Waals surface area (Å²) < 4.78 is 8.35. The molecule has 2 heterocycles. The number of fused-ring (bicyclic) bond motifs is 2. The lowest BCUT2D eigenvalue weighted by Gasteiger charge is -2.24. The van der Waals surface area contributed by atoms with E-state index in [4.69, 9.17) is 12.3 Å². The first kappa shape index (κ1) is 22.9. The van der Waals surface area contributed by atoms with Crippen LogP contribution in [0.4, 0.5) is 0 Å². The van der Waals surface area contributed by atoms with E-state index in [1.807, 2.05) is 36.4 Å². The Kier molecular flexibility index (Phi) is 6.83. The maximum Gasteiger partial charge on any atom is 0.192 e. The summed E-state index contributed by atoms with van der Waals surface area (Å²) in [7, 11) is 6.27. The van der Waals surface area contributed by atoms with Crippen molar-refractivity contribution in [1.82, 2.24) is 10.6 Å². The Morgan fingerprint density at radius 2 is 1.88 bits per heavy atom. The summed E-state index contributed by atoms with van der Waals surface area (Å²) in [6.07, 6.45) is 5.17. The molecule has 7 heteroatoms. The molecule has 0 saturated heterocycles. The number of hydrogen-bond acceptors (Lipinski definition) is 5. The lowest BCUT2D eigenvalue weighted by molar-refractivity contribution is 0.473. The fourth-order valence-corrected chi connectivity index (χ4v) is 6.98. The van der Waals surface area contributed by atoms with Gasteiger partial charge >= 0.3 is 0 Å². The van der Waals surface area contributed by atoms with Gasteiger partial charge in [0.25, 0.3) is 0 Å². The monoisotopic (exact) mass is 562 g/mol. The number of halogens is 1. The Morgan fingerprint density at radius 1 is 1.06 bits per heavy atom. The van der Waals surface area contributed by atoms with Crippen molar-refractivity contribution in [3.63, 3.8) is 0 Å². The summed E-state index contributed by atoms with van der Waals surface area (Å²) in [6, 6.07) is 16.3. The van der Waals surface area contributed by atoms with Crippen LogP contribution in [0.5, 0.6) is 5.75 Å². The van der Waals surface area contributed by atoms with Crippen LogP contribution in [0.2, 0.25) is 0 Å². The number of alkyl halides is 1. The minimum absolute atomic E-state index is 0.0161. The first-order valence-electron chi connectivity index (χ1n) is 11.2. The summed E-state index contributed by atoms with van der Waals surface area (Å²) in [4.78, 5) is 12.2. The molecule has 5 nitrogen and oxygen atoms in total. The van der Waals surface area contributed by atoms with Gasteiger partial charge in [0, 0.05) is 23.9 Å². The number of para-hydroxylation sites is 2. The Balaban J connectivity index is 1.19. The lowest BCUT2D eigenvalue weighted by Crippen LogP contribution is -2.27. The number of benzene rings is 2. The van der Waals surface area contributed by atoms with Crippen molar-refractivity contribution in [3.05, 3.63) is 105 Å². The van der Waals surface area contributed by atoms with E-state index in [2.05, 4.69) is 26.8 Å². The van der Waals surface area contributed by atoms with Crippen LogP contribution < -0.4 is 16.1 Å². The Morgan fingerprint density at radius 3 is 2.76 bits per heavy atom. The first-order chi connectivity index (χ1) is 16.6. The Bertz CT molecular complexity index is 1420. The predicted molar refractivity (Wildman–Crippen MR) is 148 cm³/mol. The zero-order chi connectivity index (χ0) is 23.5. The molecule has 34 heavy (non-hydrogen) atoms. The minimum atomic E-state index is -0.195. The SMILES string of the molecule is [B]C1=C2C=C(c3ccccc3O)C=C(NCCCNCc3cc(=O)c4ccccc4o3)[C@H]2I=C1. The molecule has 0 saturated carbocycles. The van der Waals surface area contributed by atoms with Gasteiger partial charge in [-0.15, -0.1) is 20.7 Å². The van der Waals surface area contributed by atoms with Crippen LogP contribution in [0.15, 0.2) is 92.7 Å². The van der Waals surface area contributed by atoms with Crippen molar-refractivity contribution in [1.29, 1.82) is 0 Å². The van der Waals surface area contributed by atoms with E-state index in [0.717, 1.165) is 41.7 Å². The van der Waals surface area contributed by atoms with E-state index in [1.165, 1.54) is 5.70 Å². The number of allylic oxidation sites excluding steroid dienone is 5. The minimum Gasteiger partial charge on any atom is -0.507 e. The van der Waals surface area contributed by atoms with Gasteiger partial charge < -0.3 is 20.2 Å². The summed E-state index contributed by atoms with van der Waals surface area (Å²) >= 11 is -0.195. The van der Waals surface area contributed by atoms with Crippen LogP contribution in [0.25, 0.3) is 16.5 Å². The summed E-state index contributed by atoms with van der Waals surface area (Å²) in [5.74, 6) is 0.906. The predicted octanol–water partition coefficient (Wildman–Crippen LogP) is 4.13. The smallest absolute Gasteiger partial charge is 0.192 e. The van der Waals surface area contributed by atoms with Crippen molar-refractivity contribution in [2.24, 2.45) is 0 Å². The Labute approximate surface area is 209 Å². The van der Waals surface area contributed by atoms with Crippen molar-refractivity contribution in [2.75, 3.05) is 13.1 Å². The molecule has 3 aromatic rings. The molecule has 170 valence electrons. The zero-order valence-electron chi connectivity index (χ0n) is 18.6. The molecule has 1 aliphatic carbocycles. The van der Waals surface area contributed by atoms with Gasteiger partial charge in [-0.05, 0) is 52.4 Å². The van der Waals surface area contributed by atoms with Crippen LogP contribution in [0.1, 0.15) is 17.7 Å². The molecule has 1 aliphatic heterocycles. The van der Waals surface area contributed by atoms with Crippen molar-refractivity contribution in [3.8, 4) is 5.75 Å². The van der Waals surface area contributed by atoms with Gasteiger partial charge in [-0.2, -0.15) is 0 Å². The maximum atomic E-state index is 12.2. The number of rotatable bonds is 8. The average Bonchev–Trinajstić information content (AvgIpc) is 3.22. The van der Waals surface area contributed by atoms with Gasteiger partial charge in [0.05, 0.1) is 15.9 Å². The number of aromatic hydroxyl groups is 1. The fraction of sp³-hybridized carbons (Fsp3) is 0.185. The molecular weight excluding hydrogens is 538 g/mol.